The molecule has 0 bridgehead atoms. The average Bonchev–Trinajstić information content (AvgIpc) is 2.78. The van der Waals surface area contributed by atoms with Gasteiger partial charge in [-0.05, 0) is 36.6 Å². The van der Waals surface area contributed by atoms with E-state index in [1.54, 1.807) is 24.3 Å². The first-order valence-electron chi connectivity index (χ1n) is 9.85. The fourth-order valence-corrected chi connectivity index (χ4v) is 6.35. The van der Waals surface area contributed by atoms with Crippen LogP contribution < -0.4 is 14.2 Å². The minimum atomic E-state index is -3.87. The third kappa shape index (κ3) is 4.31. The van der Waals surface area contributed by atoms with Crippen molar-refractivity contribution in [2.45, 2.75) is 35.6 Å². The molecule has 0 amide bonds. The highest BCUT2D eigenvalue weighted by molar-refractivity contribution is 7.89. The fraction of sp³-hybridized carbons (Fsp3) is 0.400. The maximum absolute atomic E-state index is 13.1. The smallest absolute Gasteiger partial charge is 0.243 e. The molecule has 0 radical (unpaired) electrons. The number of hydrogen-bond donors (Lipinski definition) is 1. The molecule has 0 spiro atoms. The second-order valence-electron chi connectivity index (χ2n) is 7.20. The van der Waals surface area contributed by atoms with Gasteiger partial charge in [-0.2, -0.15) is 4.31 Å². The fourth-order valence-electron chi connectivity index (χ4n) is 3.59. The number of sulfonamides is 2. The molecule has 1 fully saturated rings. The van der Waals surface area contributed by atoms with Crippen LogP contribution in [-0.2, 0) is 26.6 Å². The van der Waals surface area contributed by atoms with Crippen molar-refractivity contribution in [1.29, 1.82) is 0 Å². The van der Waals surface area contributed by atoms with Crippen molar-refractivity contribution in [1.82, 2.24) is 9.03 Å². The number of fused-ring (bicyclic) bond motifs is 1. The third-order valence-electron chi connectivity index (χ3n) is 5.18. The highest BCUT2D eigenvalue weighted by Crippen LogP contribution is 2.32. The Morgan fingerprint density at radius 2 is 1.57 bits per heavy atom. The summed E-state index contributed by atoms with van der Waals surface area (Å²) in [6, 6.07) is 10.9. The lowest BCUT2D eigenvalue weighted by Gasteiger charge is -2.26. The molecule has 2 aliphatic rings. The largest absolute Gasteiger partial charge is 0.486 e. The molecule has 2 heterocycles. The standard InChI is InChI=1S/C20H24N2O6S2/c23-29(24,17-8-9-18-19(14-17)28-13-12-27-18)21-15-16-6-2-3-7-20(16)30(25,26)22-10-4-1-5-11-22/h2-3,6-9,14,21H,1,4-5,10-13,15H2. The summed E-state index contributed by atoms with van der Waals surface area (Å²) in [5, 5.41) is 0. The van der Waals surface area contributed by atoms with E-state index in [0.29, 0.717) is 43.4 Å². The van der Waals surface area contributed by atoms with Crippen LogP contribution in [0.25, 0.3) is 0 Å². The molecule has 2 aliphatic heterocycles. The van der Waals surface area contributed by atoms with Crippen LogP contribution in [0.15, 0.2) is 52.3 Å². The summed E-state index contributed by atoms with van der Waals surface area (Å²) >= 11 is 0. The summed E-state index contributed by atoms with van der Waals surface area (Å²) in [4.78, 5) is 0.167. The van der Waals surface area contributed by atoms with Crippen LogP contribution in [0, 0.1) is 0 Å². The number of nitrogens with one attached hydrogen (secondary N) is 1. The van der Waals surface area contributed by atoms with Gasteiger partial charge in [-0.15, -0.1) is 0 Å². The molecule has 4 rings (SSSR count). The van der Waals surface area contributed by atoms with Gasteiger partial charge in [0, 0.05) is 25.7 Å². The molecule has 8 nitrogen and oxygen atoms in total. The molecular weight excluding hydrogens is 428 g/mol. The van der Waals surface area contributed by atoms with Crippen LogP contribution in [-0.4, -0.2) is 47.4 Å². The van der Waals surface area contributed by atoms with Gasteiger partial charge in [-0.25, -0.2) is 21.6 Å². The maximum Gasteiger partial charge on any atom is 0.243 e. The lowest BCUT2D eigenvalue weighted by molar-refractivity contribution is 0.171. The maximum atomic E-state index is 13.1. The summed E-state index contributed by atoms with van der Waals surface area (Å²) in [7, 11) is -7.55. The number of benzene rings is 2. The first-order chi connectivity index (χ1) is 14.4. The topological polar surface area (TPSA) is 102 Å². The Morgan fingerprint density at radius 1 is 0.867 bits per heavy atom. The van der Waals surface area contributed by atoms with E-state index >= 15 is 0 Å². The van der Waals surface area contributed by atoms with Crippen LogP contribution in [0.5, 0.6) is 11.5 Å². The zero-order valence-electron chi connectivity index (χ0n) is 16.4. The van der Waals surface area contributed by atoms with Gasteiger partial charge in [0.1, 0.15) is 13.2 Å². The number of rotatable bonds is 6. The first-order valence-corrected chi connectivity index (χ1v) is 12.8. The van der Waals surface area contributed by atoms with Crippen molar-refractivity contribution in [2.24, 2.45) is 0 Å². The minimum absolute atomic E-state index is 0.0307. The monoisotopic (exact) mass is 452 g/mol. The third-order valence-corrected chi connectivity index (χ3v) is 8.58. The van der Waals surface area contributed by atoms with Crippen LogP contribution in [0.1, 0.15) is 24.8 Å². The predicted octanol–water partition coefficient (Wildman–Crippen LogP) is 2.11. The molecule has 30 heavy (non-hydrogen) atoms. The Kier molecular flexibility index (Phi) is 6.01. The number of hydrogen-bond acceptors (Lipinski definition) is 6. The van der Waals surface area contributed by atoms with E-state index < -0.39 is 20.0 Å². The lowest BCUT2D eigenvalue weighted by atomic mass is 10.2. The summed E-state index contributed by atoms with van der Waals surface area (Å²) in [5.74, 6) is 0.871. The Morgan fingerprint density at radius 3 is 2.33 bits per heavy atom. The highest BCUT2D eigenvalue weighted by Gasteiger charge is 2.28. The van der Waals surface area contributed by atoms with E-state index in [0.717, 1.165) is 19.3 Å². The van der Waals surface area contributed by atoms with Crippen LogP contribution >= 0.6 is 0 Å². The minimum Gasteiger partial charge on any atom is -0.486 e. The van der Waals surface area contributed by atoms with E-state index in [4.69, 9.17) is 9.47 Å². The molecule has 1 saturated heterocycles. The molecule has 0 saturated carbocycles. The molecule has 162 valence electrons. The SMILES string of the molecule is O=S(=O)(NCc1ccccc1S(=O)(=O)N1CCCCC1)c1ccc2c(c1)OCCO2. The lowest BCUT2D eigenvalue weighted by Crippen LogP contribution is -2.36. The number of nitrogens with zero attached hydrogens (tertiary/aromatic N) is 1. The Hall–Kier alpha value is -2.14. The molecule has 0 unspecified atom stereocenters. The van der Waals surface area contributed by atoms with Gasteiger partial charge < -0.3 is 9.47 Å². The molecule has 2 aromatic carbocycles. The highest BCUT2D eigenvalue weighted by atomic mass is 32.2. The summed E-state index contributed by atoms with van der Waals surface area (Å²) in [5.41, 5.74) is 0.407. The predicted molar refractivity (Wildman–Crippen MR) is 111 cm³/mol. The van der Waals surface area contributed by atoms with E-state index in [2.05, 4.69) is 4.72 Å². The number of piperidine rings is 1. The molecular formula is C20H24N2O6S2. The molecule has 0 aromatic heterocycles. The first kappa shape index (κ1) is 21.1. The van der Waals surface area contributed by atoms with E-state index in [9.17, 15) is 16.8 Å². The second-order valence-corrected chi connectivity index (χ2v) is 10.9. The zero-order valence-corrected chi connectivity index (χ0v) is 18.0. The van der Waals surface area contributed by atoms with E-state index in [1.807, 2.05) is 0 Å². The Bertz CT molecular complexity index is 1130. The average molecular weight is 453 g/mol. The van der Waals surface area contributed by atoms with Crippen LogP contribution in [0.3, 0.4) is 0 Å². The van der Waals surface area contributed by atoms with Crippen molar-refractivity contribution >= 4 is 20.0 Å². The van der Waals surface area contributed by atoms with Gasteiger partial charge in [0.05, 0.1) is 9.79 Å². The van der Waals surface area contributed by atoms with Gasteiger partial charge in [0.15, 0.2) is 11.5 Å². The van der Waals surface area contributed by atoms with E-state index in [1.165, 1.54) is 22.5 Å². The quantitative estimate of drug-likeness (QED) is 0.720. The van der Waals surface area contributed by atoms with Crippen molar-refractivity contribution in [2.75, 3.05) is 26.3 Å². The summed E-state index contributed by atoms with van der Waals surface area (Å²) in [6.07, 6.45) is 2.68. The van der Waals surface area contributed by atoms with Crippen molar-refractivity contribution in [3.8, 4) is 11.5 Å². The summed E-state index contributed by atoms with van der Waals surface area (Å²) in [6.45, 7) is 1.60. The Labute approximate surface area is 176 Å². The van der Waals surface area contributed by atoms with Gasteiger partial charge in [-0.1, -0.05) is 24.6 Å². The van der Waals surface area contributed by atoms with Crippen LogP contribution in [0.2, 0.25) is 0 Å². The van der Waals surface area contributed by atoms with Crippen molar-refractivity contribution < 1.29 is 26.3 Å². The number of ether oxygens (including phenoxy) is 2. The molecule has 1 N–H and O–H groups in total. The van der Waals surface area contributed by atoms with Crippen molar-refractivity contribution in [3.63, 3.8) is 0 Å². The molecule has 2 aromatic rings. The zero-order chi connectivity index (χ0) is 21.2. The normalized spacial score (nSPS) is 17.6. The van der Waals surface area contributed by atoms with Crippen LogP contribution in [0.4, 0.5) is 0 Å². The van der Waals surface area contributed by atoms with Gasteiger partial charge in [0.2, 0.25) is 20.0 Å². The Balaban J connectivity index is 1.55. The van der Waals surface area contributed by atoms with Gasteiger partial charge in [-0.3, -0.25) is 0 Å². The van der Waals surface area contributed by atoms with Gasteiger partial charge in [0.25, 0.3) is 0 Å². The van der Waals surface area contributed by atoms with Gasteiger partial charge >= 0.3 is 0 Å². The molecule has 0 aliphatic carbocycles. The van der Waals surface area contributed by atoms with E-state index in [-0.39, 0.29) is 16.3 Å². The molecule has 0 atom stereocenters. The molecule has 10 heteroatoms. The second kappa shape index (κ2) is 8.54. The van der Waals surface area contributed by atoms with Crippen molar-refractivity contribution in [3.05, 3.63) is 48.0 Å². The summed E-state index contributed by atoms with van der Waals surface area (Å²) < 4.78 is 66.6.